The standard InChI is InChI=1S/C17H26N2O/c1-12-7-8-14(20-6)16-15(12)13(11-19(16)5)9-10-18-17(2,3)4/h7-8,11,18H,9-10H2,1-6H3. The topological polar surface area (TPSA) is 26.2 Å². The lowest BCUT2D eigenvalue weighted by Gasteiger charge is -2.20. The summed E-state index contributed by atoms with van der Waals surface area (Å²) < 4.78 is 7.67. The Hall–Kier alpha value is -1.48. The van der Waals surface area contributed by atoms with Gasteiger partial charge in [-0.25, -0.2) is 0 Å². The fourth-order valence-electron chi connectivity index (χ4n) is 2.72. The molecule has 3 heteroatoms. The van der Waals surface area contributed by atoms with Crippen LogP contribution in [-0.2, 0) is 13.5 Å². The van der Waals surface area contributed by atoms with E-state index in [1.807, 2.05) is 0 Å². The van der Waals surface area contributed by atoms with E-state index in [1.165, 1.54) is 22.0 Å². The van der Waals surface area contributed by atoms with E-state index in [0.717, 1.165) is 18.7 Å². The zero-order valence-electron chi connectivity index (χ0n) is 13.5. The van der Waals surface area contributed by atoms with Gasteiger partial charge < -0.3 is 14.6 Å². The third-order valence-corrected chi connectivity index (χ3v) is 3.64. The van der Waals surface area contributed by atoms with Crippen molar-refractivity contribution in [1.29, 1.82) is 0 Å². The van der Waals surface area contributed by atoms with E-state index < -0.39 is 0 Å². The molecule has 0 fully saturated rings. The molecule has 110 valence electrons. The van der Waals surface area contributed by atoms with E-state index in [4.69, 9.17) is 4.74 Å². The molecule has 3 nitrogen and oxygen atoms in total. The molecule has 0 saturated heterocycles. The number of ether oxygens (including phenoxy) is 1. The molecular weight excluding hydrogens is 248 g/mol. The SMILES string of the molecule is COc1ccc(C)c2c(CCNC(C)(C)C)cn(C)c12. The Balaban J connectivity index is 2.35. The molecule has 2 aromatic rings. The Bertz CT molecular complexity index is 605. The van der Waals surface area contributed by atoms with E-state index >= 15 is 0 Å². The number of nitrogens with one attached hydrogen (secondary N) is 1. The molecule has 1 aromatic heterocycles. The van der Waals surface area contributed by atoms with Gasteiger partial charge in [0.2, 0.25) is 0 Å². The summed E-state index contributed by atoms with van der Waals surface area (Å²) in [5.41, 5.74) is 4.05. The van der Waals surface area contributed by atoms with Gasteiger partial charge >= 0.3 is 0 Å². The lowest BCUT2D eigenvalue weighted by Crippen LogP contribution is -2.37. The first-order chi connectivity index (χ1) is 9.33. The normalized spacial score (nSPS) is 12.1. The highest BCUT2D eigenvalue weighted by atomic mass is 16.5. The lowest BCUT2D eigenvalue weighted by atomic mass is 10.0. The van der Waals surface area contributed by atoms with E-state index in [2.05, 4.69) is 63.0 Å². The van der Waals surface area contributed by atoms with Crippen molar-refractivity contribution in [3.05, 3.63) is 29.5 Å². The molecular formula is C17H26N2O. The number of benzene rings is 1. The van der Waals surface area contributed by atoms with E-state index in [1.54, 1.807) is 7.11 Å². The summed E-state index contributed by atoms with van der Waals surface area (Å²) in [4.78, 5) is 0. The number of aryl methyl sites for hydroxylation is 2. The summed E-state index contributed by atoms with van der Waals surface area (Å²) in [6.45, 7) is 9.75. The number of fused-ring (bicyclic) bond motifs is 1. The molecule has 0 radical (unpaired) electrons. The summed E-state index contributed by atoms with van der Waals surface area (Å²) in [6.07, 6.45) is 3.26. The molecule has 0 unspecified atom stereocenters. The first-order valence-corrected chi connectivity index (χ1v) is 7.20. The quantitative estimate of drug-likeness (QED) is 0.924. The fourth-order valence-corrected chi connectivity index (χ4v) is 2.72. The zero-order valence-corrected chi connectivity index (χ0v) is 13.5. The van der Waals surface area contributed by atoms with Crippen LogP contribution < -0.4 is 10.1 Å². The smallest absolute Gasteiger partial charge is 0.143 e. The third kappa shape index (κ3) is 2.98. The van der Waals surface area contributed by atoms with Gasteiger partial charge in [-0.2, -0.15) is 0 Å². The second-order valence-electron chi connectivity index (χ2n) is 6.50. The Labute approximate surface area is 121 Å². The molecule has 0 atom stereocenters. The number of hydrogen-bond acceptors (Lipinski definition) is 2. The van der Waals surface area contributed by atoms with Gasteiger partial charge in [0.1, 0.15) is 5.75 Å². The van der Waals surface area contributed by atoms with Crippen molar-refractivity contribution in [3.8, 4) is 5.75 Å². The lowest BCUT2D eigenvalue weighted by molar-refractivity contribution is 0.418. The highest BCUT2D eigenvalue weighted by Gasteiger charge is 2.14. The Morgan fingerprint density at radius 2 is 1.95 bits per heavy atom. The maximum atomic E-state index is 5.50. The molecule has 0 bridgehead atoms. The van der Waals surface area contributed by atoms with E-state index in [0.29, 0.717) is 0 Å². The minimum Gasteiger partial charge on any atom is -0.495 e. The Morgan fingerprint density at radius 3 is 2.55 bits per heavy atom. The predicted molar refractivity (Wildman–Crippen MR) is 85.7 cm³/mol. The highest BCUT2D eigenvalue weighted by molar-refractivity contribution is 5.92. The van der Waals surface area contributed by atoms with Gasteiger partial charge in [0.25, 0.3) is 0 Å². The van der Waals surface area contributed by atoms with Crippen molar-refractivity contribution in [1.82, 2.24) is 9.88 Å². The van der Waals surface area contributed by atoms with Crippen molar-refractivity contribution < 1.29 is 4.74 Å². The summed E-state index contributed by atoms with van der Waals surface area (Å²) >= 11 is 0. The minimum absolute atomic E-state index is 0.164. The van der Waals surface area contributed by atoms with Crippen LogP contribution in [0.2, 0.25) is 0 Å². The number of methoxy groups -OCH3 is 1. The van der Waals surface area contributed by atoms with Crippen LogP contribution in [0.25, 0.3) is 10.9 Å². The van der Waals surface area contributed by atoms with Gasteiger partial charge in [0.05, 0.1) is 12.6 Å². The fraction of sp³-hybridized carbons (Fsp3) is 0.529. The maximum absolute atomic E-state index is 5.50. The summed E-state index contributed by atoms with van der Waals surface area (Å²) in [7, 11) is 3.82. The molecule has 1 heterocycles. The largest absolute Gasteiger partial charge is 0.495 e. The summed E-state index contributed by atoms with van der Waals surface area (Å²) in [5, 5.41) is 4.89. The van der Waals surface area contributed by atoms with Gasteiger partial charge in [-0.15, -0.1) is 0 Å². The molecule has 0 aliphatic carbocycles. The van der Waals surface area contributed by atoms with Crippen LogP contribution in [0.3, 0.4) is 0 Å². The number of nitrogens with zero attached hydrogens (tertiary/aromatic N) is 1. The van der Waals surface area contributed by atoms with Crippen molar-refractivity contribution in [2.75, 3.05) is 13.7 Å². The average Bonchev–Trinajstić information content (AvgIpc) is 2.67. The maximum Gasteiger partial charge on any atom is 0.143 e. The number of aromatic nitrogens is 1. The first kappa shape index (κ1) is 14.9. The Morgan fingerprint density at radius 1 is 1.25 bits per heavy atom. The van der Waals surface area contributed by atoms with Crippen LogP contribution in [0.15, 0.2) is 18.3 Å². The van der Waals surface area contributed by atoms with Gasteiger partial charge in [-0.3, -0.25) is 0 Å². The molecule has 0 spiro atoms. The zero-order chi connectivity index (χ0) is 14.9. The van der Waals surface area contributed by atoms with Crippen LogP contribution in [0.4, 0.5) is 0 Å². The van der Waals surface area contributed by atoms with Gasteiger partial charge in [-0.1, -0.05) is 6.07 Å². The van der Waals surface area contributed by atoms with Crippen molar-refractivity contribution in [2.24, 2.45) is 7.05 Å². The third-order valence-electron chi connectivity index (χ3n) is 3.64. The van der Waals surface area contributed by atoms with Gasteiger partial charge in [-0.05, 0) is 57.9 Å². The van der Waals surface area contributed by atoms with Crippen LogP contribution in [-0.4, -0.2) is 23.8 Å². The molecule has 0 aliphatic rings. The van der Waals surface area contributed by atoms with Gasteiger partial charge in [0.15, 0.2) is 0 Å². The van der Waals surface area contributed by atoms with Crippen molar-refractivity contribution in [2.45, 2.75) is 39.7 Å². The monoisotopic (exact) mass is 274 g/mol. The van der Waals surface area contributed by atoms with E-state index in [9.17, 15) is 0 Å². The summed E-state index contributed by atoms with van der Waals surface area (Å²) in [5.74, 6) is 0.947. The average molecular weight is 274 g/mol. The number of rotatable bonds is 4. The summed E-state index contributed by atoms with van der Waals surface area (Å²) in [6, 6.07) is 4.19. The van der Waals surface area contributed by atoms with Crippen LogP contribution in [0, 0.1) is 6.92 Å². The van der Waals surface area contributed by atoms with Crippen molar-refractivity contribution in [3.63, 3.8) is 0 Å². The molecule has 1 aromatic carbocycles. The van der Waals surface area contributed by atoms with Crippen molar-refractivity contribution >= 4 is 10.9 Å². The second kappa shape index (κ2) is 5.49. The molecule has 0 saturated carbocycles. The molecule has 0 amide bonds. The molecule has 2 rings (SSSR count). The molecule has 0 aliphatic heterocycles. The van der Waals surface area contributed by atoms with Crippen LogP contribution >= 0.6 is 0 Å². The number of hydrogen-bond donors (Lipinski definition) is 1. The predicted octanol–water partition coefficient (Wildman–Crippen LogP) is 3.43. The molecule has 20 heavy (non-hydrogen) atoms. The van der Waals surface area contributed by atoms with Crippen LogP contribution in [0.1, 0.15) is 31.9 Å². The minimum atomic E-state index is 0.164. The highest BCUT2D eigenvalue weighted by Crippen LogP contribution is 2.32. The van der Waals surface area contributed by atoms with E-state index in [-0.39, 0.29) is 5.54 Å². The molecule has 1 N–H and O–H groups in total. The van der Waals surface area contributed by atoms with Gasteiger partial charge in [0, 0.05) is 24.2 Å². The van der Waals surface area contributed by atoms with Crippen LogP contribution in [0.5, 0.6) is 5.75 Å². The first-order valence-electron chi connectivity index (χ1n) is 7.20. The second-order valence-corrected chi connectivity index (χ2v) is 6.50. The Kier molecular flexibility index (Phi) is 4.09.